The molecule has 4 heterocycles. The first-order valence-corrected chi connectivity index (χ1v) is 7.56. The first kappa shape index (κ1) is 16.4. The summed E-state index contributed by atoms with van der Waals surface area (Å²) in [4.78, 5) is 20.7. The summed E-state index contributed by atoms with van der Waals surface area (Å²) in [6, 6.07) is 0. The molecule has 6 atom stereocenters. The number of ether oxygens (including phenoxy) is 1. The second kappa shape index (κ2) is 5.20. The molecule has 4 rings (SSSR count). The molecule has 0 amide bonds. The Labute approximate surface area is 139 Å². The van der Waals surface area contributed by atoms with Crippen molar-refractivity contribution in [1.82, 2.24) is 19.1 Å². The van der Waals surface area contributed by atoms with Crippen LogP contribution in [0.2, 0.25) is 0 Å². The van der Waals surface area contributed by atoms with Crippen LogP contribution in [-0.4, -0.2) is 75.3 Å². The average molecular weight is 355 g/mol. The van der Waals surface area contributed by atoms with E-state index in [2.05, 4.69) is 15.3 Å². The van der Waals surface area contributed by atoms with Crippen molar-refractivity contribution in [3.05, 3.63) is 16.7 Å². The van der Waals surface area contributed by atoms with E-state index in [0.29, 0.717) is 0 Å². The van der Waals surface area contributed by atoms with Crippen LogP contribution in [-0.2, 0) is 4.74 Å². The van der Waals surface area contributed by atoms with Gasteiger partial charge in [0.15, 0.2) is 29.3 Å². The van der Waals surface area contributed by atoms with Crippen molar-refractivity contribution in [2.75, 3.05) is 11.9 Å². The standard InChI is InChI=1S/C13H17N5O7/c1-13(24)11(23)18-9(22)5-8(15-12(18)16-13)17(3-14-5)10-7(21)6(20)4(2-19)25-10/h3-4,6-7,10-11,19-21,23-24H,2H2,1H3,(H,15,16). The number of aromatic nitrogens is 4. The fraction of sp³-hybridized carbons (Fsp3) is 0.615. The Kier molecular flexibility index (Phi) is 3.41. The van der Waals surface area contributed by atoms with E-state index in [1.165, 1.54) is 17.8 Å². The SMILES string of the molecule is CC1(O)Nc2nc3c(ncn3C3OC(CO)C(O)C3O)c(=O)n2C1O. The van der Waals surface area contributed by atoms with Crippen molar-refractivity contribution >= 4 is 17.1 Å². The molecule has 0 radical (unpaired) electrons. The number of aliphatic hydroxyl groups excluding tert-OH is 4. The smallest absolute Gasteiger partial charge is 0.285 e. The zero-order valence-corrected chi connectivity index (χ0v) is 13.0. The number of aliphatic hydroxyl groups is 5. The number of rotatable bonds is 2. The second-order valence-corrected chi connectivity index (χ2v) is 6.31. The van der Waals surface area contributed by atoms with Crippen molar-refractivity contribution in [2.45, 2.75) is 43.4 Å². The van der Waals surface area contributed by atoms with Crippen LogP contribution >= 0.6 is 0 Å². The Balaban J connectivity index is 1.85. The lowest BCUT2D eigenvalue weighted by molar-refractivity contribution is -0.0676. The molecule has 0 spiro atoms. The maximum atomic E-state index is 12.6. The molecule has 1 fully saturated rings. The van der Waals surface area contributed by atoms with Gasteiger partial charge in [-0.1, -0.05) is 0 Å². The third-order valence-corrected chi connectivity index (χ3v) is 4.53. The summed E-state index contributed by atoms with van der Waals surface area (Å²) in [5.74, 6) is -0.0801. The minimum Gasteiger partial charge on any atom is -0.394 e. The van der Waals surface area contributed by atoms with E-state index in [4.69, 9.17) is 4.74 Å². The Hall–Kier alpha value is -2.09. The number of hydrogen-bond donors (Lipinski definition) is 6. The summed E-state index contributed by atoms with van der Waals surface area (Å²) < 4.78 is 7.54. The molecule has 2 aromatic rings. The van der Waals surface area contributed by atoms with Gasteiger partial charge in [0.2, 0.25) is 5.95 Å². The highest BCUT2D eigenvalue weighted by molar-refractivity contribution is 5.72. The van der Waals surface area contributed by atoms with Gasteiger partial charge in [0.05, 0.1) is 12.9 Å². The van der Waals surface area contributed by atoms with Crippen molar-refractivity contribution in [1.29, 1.82) is 0 Å². The van der Waals surface area contributed by atoms with Crippen molar-refractivity contribution in [2.24, 2.45) is 0 Å². The maximum absolute atomic E-state index is 12.6. The van der Waals surface area contributed by atoms with Crippen molar-refractivity contribution in [3.63, 3.8) is 0 Å². The lowest BCUT2D eigenvalue weighted by Crippen LogP contribution is -2.38. The summed E-state index contributed by atoms with van der Waals surface area (Å²) in [6.07, 6.45) is -5.13. The molecular formula is C13H17N5O7. The predicted octanol–water partition coefficient (Wildman–Crippen LogP) is -3.17. The van der Waals surface area contributed by atoms with Gasteiger partial charge in [0.25, 0.3) is 5.56 Å². The molecule has 12 heteroatoms. The lowest BCUT2D eigenvalue weighted by atomic mass is 10.1. The van der Waals surface area contributed by atoms with Gasteiger partial charge in [-0.15, -0.1) is 0 Å². The molecule has 25 heavy (non-hydrogen) atoms. The molecule has 12 nitrogen and oxygen atoms in total. The second-order valence-electron chi connectivity index (χ2n) is 6.31. The van der Waals surface area contributed by atoms with E-state index in [-0.39, 0.29) is 17.1 Å². The number of anilines is 1. The van der Waals surface area contributed by atoms with Crippen LogP contribution in [0, 0.1) is 0 Å². The summed E-state index contributed by atoms with van der Waals surface area (Å²) in [5.41, 5.74) is -2.56. The molecule has 2 aromatic heterocycles. The third-order valence-electron chi connectivity index (χ3n) is 4.53. The highest BCUT2D eigenvalue weighted by Crippen LogP contribution is 2.33. The minimum atomic E-state index is -1.79. The van der Waals surface area contributed by atoms with Crippen LogP contribution in [0.5, 0.6) is 0 Å². The number of fused-ring (bicyclic) bond motifs is 2. The van der Waals surface area contributed by atoms with Crippen molar-refractivity contribution in [3.8, 4) is 0 Å². The fourth-order valence-corrected chi connectivity index (χ4v) is 3.13. The van der Waals surface area contributed by atoms with Gasteiger partial charge < -0.3 is 35.6 Å². The monoisotopic (exact) mass is 355 g/mol. The van der Waals surface area contributed by atoms with Crippen molar-refractivity contribution < 1.29 is 30.3 Å². The third kappa shape index (κ3) is 2.13. The molecule has 0 saturated carbocycles. The van der Waals surface area contributed by atoms with E-state index in [1.54, 1.807) is 0 Å². The Morgan fingerprint density at radius 1 is 1.36 bits per heavy atom. The molecule has 0 aromatic carbocycles. The molecule has 2 aliphatic rings. The summed E-state index contributed by atoms with van der Waals surface area (Å²) in [7, 11) is 0. The fourth-order valence-electron chi connectivity index (χ4n) is 3.13. The highest BCUT2D eigenvalue weighted by atomic mass is 16.6. The van der Waals surface area contributed by atoms with Gasteiger partial charge in [0, 0.05) is 0 Å². The quantitative estimate of drug-likeness (QED) is 0.322. The molecule has 0 aliphatic carbocycles. The number of nitrogens with one attached hydrogen (secondary N) is 1. The molecule has 2 aliphatic heterocycles. The van der Waals surface area contributed by atoms with Gasteiger partial charge in [-0.3, -0.25) is 9.36 Å². The normalized spacial score (nSPS) is 37.4. The van der Waals surface area contributed by atoms with Crippen LogP contribution in [0.3, 0.4) is 0 Å². The first-order chi connectivity index (χ1) is 11.8. The number of imidazole rings is 1. The predicted molar refractivity (Wildman–Crippen MR) is 80.3 cm³/mol. The van der Waals surface area contributed by atoms with Gasteiger partial charge >= 0.3 is 0 Å². The molecule has 6 unspecified atom stereocenters. The minimum absolute atomic E-state index is 0.0310. The van der Waals surface area contributed by atoms with Crippen LogP contribution in [0.25, 0.3) is 11.2 Å². The maximum Gasteiger partial charge on any atom is 0.285 e. The zero-order chi connectivity index (χ0) is 18.1. The lowest BCUT2D eigenvalue weighted by Gasteiger charge is -2.20. The van der Waals surface area contributed by atoms with E-state index < -0.39 is 48.7 Å². The van der Waals surface area contributed by atoms with E-state index in [1.807, 2.05) is 0 Å². The Morgan fingerprint density at radius 3 is 2.72 bits per heavy atom. The van der Waals surface area contributed by atoms with Crippen LogP contribution < -0.4 is 10.9 Å². The summed E-state index contributed by atoms with van der Waals surface area (Å²) in [5, 5.41) is 51.9. The Bertz CT molecular complexity index is 893. The molecule has 0 bridgehead atoms. The summed E-state index contributed by atoms with van der Waals surface area (Å²) >= 11 is 0. The molecule has 6 N–H and O–H groups in total. The molecule has 1 saturated heterocycles. The van der Waals surface area contributed by atoms with E-state index in [9.17, 15) is 30.3 Å². The number of hydrogen-bond acceptors (Lipinski definition) is 10. The van der Waals surface area contributed by atoms with Crippen LogP contribution in [0.4, 0.5) is 5.95 Å². The van der Waals surface area contributed by atoms with Gasteiger partial charge in [0.1, 0.15) is 18.3 Å². The largest absolute Gasteiger partial charge is 0.394 e. The molecule has 136 valence electrons. The van der Waals surface area contributed by atoms with E-state index >= 15 is 0 Å². The highest BCUT2D eigenvalue weighted by Gasteiger charge is 2.45. The first-order valence-electron chi connectivity index (χ1n) is 7.56. The van der Waals surface area contributed by atoms with E-state index in [0.717, 1.165) is 4.57 Å². The van der Waals surface area contributed by atoms with Crippen LogP contribution in [0.1, 0.15) is 19.4 Å². The zero-order valence-electron chi connectivity index (χ0n) is 13.0. The average Bonchev–Trinajstić information content (AvgIpc) is 3.16. The molecular weight excluding hydrogens is 338 g/mol. The Morgan fingerprint density at radius 2 is 2.08 bits per heavy atom. The van der Waals surface area contributed by atoms with Gasteiger partial charge in [-0.2, -0.15) is 4.98 Å². The van der Waals surface area contributed by atoms with Gasteiger partial charge in [-0.05, 0) is 6.92 Å². The number of nitrogens with zero attached hydrogens (tertiary/aromatic N) is 4. The summed E-state index contributed by atoms with van der Waals surface area (Å²) in [6.45, 7) is 0.785. The van der Waals surface area contributed by atoms with Crippen LogP contribution in [0.15, 0.2) is 11.1 Å². The topological polar surface area (TPSA) is 175 Å². The van der Waals surface area contributed by atoms with Gasteiger partial charge in [-0.25, -0.2) is 9.55 Å².